The van der Waals surface area contributed by atoms with Gasteiger partial charge in [0.25, 0.3) is 0 Å². The molecule has 0 saturated heterocycles. The predicted molar refractivity (Wildman–Crippen MR) is 58.5 cm³/mol. The lowest BCUT2D eigenvalue weighted by Crippen LogP contribution is -2.29. The molecule has 0 saturated carbocycles. The summed E-state index contributed by atoms with van der Waals surface area (Å²) in [6.45, 7) is 0. The van der Waals surface area contributed by atoms with Gasteiger partial charge in [0.1, 0.15) is 0 Å². The van der Waals surface area contributed by atoms with E-state index in [9.17, 15) is 0 Å². The molecule has 1 aromatic rings. The standard InChI is InChI=1S/C6H6BClO2.B3/c8-6-3-1-5(2-4-6)7(9)10;1-3-2/h1-4,9-10H;. The first-order valence-corrected chi connectivity index (χ1v) is 3.86. The van der Waals surface area contributed by atoms with Gasteiger partial charge in [-0.2, -0.15) is 0 Å². The first-order chi connectivity index (χ1) is 6.11. The van der Waals surface area contributed by atoms with Crippen LogP contribution in [-0.2, 0) is 0 Å². The van der Waals surface area contributed by atoms with Crippen LogP contribution in [0.15, 0.2) is 24.3 Å². The van der Waals surface area contributed by atoms with Gasteiger partial charge in [0.2, 0.25) is 0 Å². The van der Waals surface area contributed by atoms with Gasteiger partial charge in [-0.25, -0.2) is 0 Å². The van der Waals surface area contributed by atoms with E-state index in [2.05, 4.69) is 15.5 Å². The van der Waals surface area contributed by atoms with Crippen molar-refractivity contribution in [1.29, 1.82) is 0 Å². The Labute approximate surface area is 86.5 Å². The van der Waals surface area contributed by atoms with Crippen LogP contribution in [0.5, 0.6) is 0 Å². The van der Waals surface area contributed by atoms with Crippen molar-refractivity contribution in [1.82, 2.24) is 0 Å². The lowest BCUT2D eigenvalue weighted by atomic mass is 9.40. The van der Waals surface area contributed by atoms with E-state index in [0.717, 1.165) is 7.06 Å². The van der Waals surface area contributed by atoms with Crippen molar-refractivity contribution in [3.8, 4) is 0 Å². The van der Waals surface area contributed by atoms with Gasteiger partial charge in [0, 0.05) is 27.6 Å². The fraction of sp³-hybridized carbons (Fsp3) is 0. The largest absolute Gasteiger partial charge is 0.488 e. The molecule has 13 heavy (non-hydrogen) atoms. The third-order valence-corrected chi connectivity index (χ3v) is 1.42. The summed E-state index contributed by atoms with van der Waals surface area (Å²) in [6.07, 6.45) is 0. The minimum atomic E-state index is -1.41. The van der Waals surface area contributed by atoms with Crippen LogP contribution in [0.25, 0.3) is 0 Å². The van der Waals surface area contributed by atoms with Gasteiger partial charge in [-0.3, -0.25) is 0 Å². The minimum absolute atomic E-state index is 0.449. The van der Waals surface area contributed by atoms with E-state index in [1.807, 2.05) is 0 Å². The minimum Gasteiger partial charge on any atom is -0.423 e. The van der Waals surface area contributed by atoms with Crippen LogP contribution in [-0.4, -0.2) is 39.7 Å². The van der Waals surface area contributed by atoms with Crippen molar-refractivity contribution in [2.75, 3.05) is 0 Å². The first kappa shape index (κ1) is 12.7. The topological polar surface area (TPSA) is 40.5 Å². The summed E-state index contributed by atoms with van der Waals surface area (Å²) in [5.41, 5.74) is 0.449. The molecule has 0 aliphatic rings. The van der Waals surface area contributed by atoms with E-state index in [0.29, 0.717) is 10.5 Å². The highest BCUT2D eigenvalue weighted by Crippen LogP contribution is 2.03. The molecule has 0 spiro atoms. The van der Waals surface area contributed by atoms with Crippen LogP contribution in [0, 0.1) is 0 Å². The van der Waals surface area contributed by atoms with Gasteiger partial charge in [-0.15, -0.1) is 0 Å². The van der Waals surface area contributed by atoms with Crippen LogP contribution in [0.2, 0.25) is 5.02 Å². The molecule has 5 radical (unpaired) electrons. The second-order valence-electron chi connectivity index (χ2n) is 2.12. The molecule has 0 atom stereocenters. The summed E-state index contributed by atoms with van der Waals surface area (Å²) in [6, 6.07) is 6.34. The van der Waals surface area contributed by atoms with E-state index in [1.165, 1.54) is 0 Å². The molecule has 0 unspecified atom stereocenters. The Balaban J connectivity index is 0.000000424. The highest BCUT2D eigenvalue weighted by Gasteiger charge is 2.08. The monoisotopic (exact) mass is 189 g/mol. The van der Waals surface area contributed by atoms with Gasteiger partial charge in [-0.05, 0) is 17.6 Å². The molecule has 1 aromatic carbocycles. The smallest absolute Gasteiger partial charge is 0.423 e. The Hall–Kier alpha value is -0.310. The molecule has 0 aromatic heterocycles. The van der Waals surface area contributed by atoms with E-state index in [-0.39, 0.29) is 0 Å². The van der Waals surface area contributed by atoms with Crippen molar-refractivity contribution in [2.24, 2.45) is 0 Å². The van der Waals surface area contributed by atoms with Gasteiger partial charge in [-0.1, -0.05) is 23.7 Å². The lowest BCUT2D eigenvalue weighted by molar-refractivity contribution is 0.426. The van der Waals surface area contributed by atoms with Crippen LogP contribution < -0.4 is 5.46 Å². The maximum atomic E-state index is 8.63. The maximum Gasteiger partial charge on any atom is 0.488 e. The summed E-state index contributed by atoms with van der Waals surface area (Å²) < 4.78 is 0. The number of hydrogen-bond donors (Lipinski definition) is 2. The van der Waals surface area contributed by atoms with E-state index < -0.39 is 7.12 Å². The molecule has 61 valence electrons. The molecule has 0 fully saturated rings. The molecule has 0 bridgehead atoms. The average molecular weight is 189 g/mol. The number of halogens is 1. The van der Waals surface area contributed by atoms with E-state index in [4.69, 9.17) is 21.6 Å². The summed E-state index contributed by atoms with van der Waals surface area (Å²) in [5, 5.41) is 17.8. The Bertz CT molecular complexity index is 229. The van der Waals surface area contributed by atoms with Crippen LogP contribution in [0.3, 0.4) is 0 Å². The van der Waals surface area contributed by atoms with Crippen LogP contribution >= 0.6 is 11.6 Å². The van der Waals surface area contributed by atoms with Crippen molar-refractivity contribution in [2.45, 2.75) is 0 Å². The Morgan fingerprint density at radius 3 is 1.85 bits per heavy atom. The summed E-state index contributed by atoms with van der Waals surface area (Å²) in [4.78, 5) is 0. The summed E-state index contributed by atoms with van der Waals surface area (Å²) >= 11 is 5.55. The number of benzene rings is 1. The first-order valence-electron chi connectivity index (χ1n) is 3.48. The maximum absolute atomic E-state index is 8.63. The quantitative estimate of drug-likeness (QED) is 0.549. The lowest BCUT2D eigenvalue weighted by Gasteiger charge is -1.96. The third kappa shape index (κ3) is 5.86. The average Bonchev–Trinajstić information content (AvgIpc) is 2.06. The second-order valence-corrected chi connectivity index (χ2v) is 2.55. The Morgan fingerprint density at radius 2 is 1.54 bits per heavy atom. The zero-order chi connectivity index (χ0) is 10.3. The fourth-order valence-corrected chi connectivity index (χ4v) is 0.761. The van der Waals surface area contributed by atoms with E-state index in [1.54, 1.807) is 24.3 Å². The van der Waals surface area contributed by atoms with Gasteiger partial charge in [0.05, 0.1) is 0 Å². The molecule has 2 nitrogen and oxygen atoms in total. The van der Waals surface area contributed by atoms with Gasteiger partial charge in [0.15, 0.2) is 0 Å². The van der Waals surface area contributed by atoms with Crippen LogP contribution in [0.1, 0.15) is 0 Å². The molecule has 0 aliphatic carbocycles. The van der Waals surface area contributed by atoms with Crippen molar-refractivity contribution in [3.63, 3.8) is 0 Å². The number of rotatable bonds is 1. The molecule has 0 heterocycles. The van der Waals surface area contributed by atoms with Crippen molar-refractivity contribution in [3.05, 3.63) is 29.3 Å². The second kappa shape index (κ2) is 7.13. The molecule has 2 N–H and O–H groups in total. The molecular formula is C6H6B4ClO2. The normalized spacial score (nSPS) is 8.23. The predicted octanol–water partition coefficient (Wildman–Crippen LogP) is -1.12. The van der Waals surface area contributed by atoms with Gasteiger partial charge < -0.3 is 10.0 Å². The SMILES string of the molecule is OB(O)c1ccc(Cl)cc1.[B][B][B]. The fourth-order valence-electron chi connectivity index (χ4n) is 0.635. The summed E-state index contributed by atoms with van der Waals surface area (Å²) in [5.74, 6) is 0. The van der Waals surface area contributed by atoms with E-state index >= 15 is 0 Å². The zero-order valence-corrected chi connectivity index (χ0v) is 7.65. The molecular weight excluding hydrogens is 183 g/mol. The Morgan fingerprint density at radius 1 is 1.15 bits per heavy atom. The van der Waals surface area contributed by atoms with Crippen LogP contribution in [0.4, 0.5) is 0 Å². The van der Waals surface area contributed by atoms with Gasteiger partial charge >= 0.3 is 7.12 Å². The summed E-state index contributed by atoms with van der Waals surface area (Å²) in [7, 11) is 8.59. The third-order valence-electron chi connectivity index (χ3n) is 1.17. The highest BCUT2D eigenvalue weighted by molar-refractivity contribution is 7.17. The van der Waals surface area contributed by atoms with Crippen molar-refractivity contribution < 1.29 is 10.0 Å². The number of hydrogen-bond acceptors (Lipinski definition) is 2. The molecule has 0 amide bonds. The Kier molecular flexibility index (Phi) is 6.96. The molecule has 1 rings (SSSR count). The highest BCUT2D eigenvalue weighted by atomic mass is 35.5. The molecule has 7 heteroatoms. The zero-order valence-electron chi connectivity index (χ0n) is 6.89. The van der Waals surface area contributed by atoms with Crippen molar-refractivity contribution >= 4 is 46.7 Å². The molecule has 0 aliphatic heterocycles.